The molecule has 0 spiro atoms. The number of halogens is 2. The number of ether oxygens (including phenoxy) is 1. The molecule has 0 saturated carbocycles. The van der Waals surface area contributed by atoms with E-state index in [1.807, 2.05) is 23.1 Å². The van der Waals surface area contributed by atoms with Crippen LogP contribution in [0.4, 0.5) is 5.69 Å². The Morgan fingerprint density at radius 1 is 1.19 bits per heavy atom. The number of hydrogen-bond donors (Lipinski definition) is 2. The number of carbonyl (C=O) groups excluding carboxylic acids is 1. The maximum atomic E-state index is 12.3. The Morgan fingerprint density at radius 3 is 2.56 bits per heavy atom. The second-order valence-corrected chi connectivity index (χ2v) is 6.87. The number of rotatable bonds is 6. The Bertz CT molecular complexity index is 562. The molecular formula is C19H32Cl2N4O2. The van der Waals surface area contributed by atoms with Gasteiger partial charge in [0.2, 0.25) is 5.91 Å². The summed E-state index contributed by atoms with van der Waals surface area (Å²) in [6.45, 7) is 6.54. The van der Waals surface area contributed by atoms with Crippen molar-refractivity contribution in [3.63, 3.8) is 0 Å². The lowest BCUT2D eigenvalue weighted by Gasteiger charge is -2.33. The molecule has 1 amide bonds. The third-order valence-electron chi connectivity index (χ3n) is 5.14. The van der Waals surface area contributed by atoms with Gasteiger partial charge in [0.25, 0.3) is 0 Å². The van der Waals surface area contributed by atoms with E-state index in [4.69, 9.17) is 4.74 Å². The Hall–Kier alpha value is -1.21. The number of amides is 1. The van der Waals surface area contributed by atoms with E-state index < -0.39 is 0 Å². The molecule has 6 nitrogen and oxygen atoms in total. The van der Waals surface area contributed by atoms with Gasteiger partial charge in [0, 0.05) is 70.0 Å². The number of benzene rings is 1. The molecule has 1 aromatic carbocycles. The molecular weight excluding hydrogens is 387 g/mol. The summed E-state index contributed by atoms with van der Waals surface area (Å²) in [6, 6.07) is 8.59. The highest BCUT2D eigenvalue weighted by atomic mass is 35.5. The number of piperazine rings is 1. The zero-order valence-electron chi connectivity index (χ0n) is 16.0. The second kappa shape index (κ2) is 12.3. The van der Waals surface area contributed by atoms with Crippen molar-refractivity contribution in [3.05, 3.63) is 24.3 Å². The van der Waals surface area contributed by atoms with Crippen LogP contribution in [0.5, 0.6) is 5.75 Å². The van der Waals surface area contributed by atoms with Crippen molar-refractivity contribution in [2.45, 2.75) is 25.3 Å². The zero-order valence-corrected chi connectivity index (χ0v) is 17.6. The number of carbonyl (C=O) groups is 1. The Balaban J connectivity index is 0.00000182. The number of nitrogens with one attached hydrogen (secondary N) is 2. The van der Waals surface area contributed by atoms with Crippen molar-refractivity contribution in [1.82, 2.24) is 15.1 Å². The van der Waals surface area contributed by atoms with E-state index in [0.29, 0.717) is 18.4 Å². The van der Waals surface area contributed by atoms with E-state index in [0.717, 1.165) is 70.1 Å². The van der Waals surface area contributed by atoms with Crippen LogP contribution in [0.3, 0.4) is 0 Å². The van der Waals surface area contributed by atoms with Gasteiger partial charge in [-0.25, -0.2) is 0 Å². The predicted octanol–water partition coefficient (Wildman–Crippen LogP) is 2.24. The van der Waals surface area contributed by atoms with Crippen LogP contribution in [0.15, 0.2) is 24.3 Å². The van der Waals surface area contributed by atoms with E-state index in [2.05, 4.69) is 21.6 Å². The molecule has 0 unspecified atom stereocenters. The molecule has 2 heterocycles. The van der Waals surface area contributed by atoms with Gasteiger partial charge in [-0.1, -0.05) is 6.07 Å². The van der Waals surface area contributed by atoms with E-state index in [9.17, 15) is 4.79 Å². The standard InChI is InChI=1S/C19H30N4O2.2ClH/c1-25-18-4-2-3-17(15-18)21-16-5-10-22(11-6-16)12-7-19(24)23-13-8-20-9-14-23;;/h2-4,15-16,20-21H,5-14H2,1H3;2*1H. The highest BCUT2D eigenvalue weighted by Crippen LogP contribution is 2.21. The number of anilines is 1. The van der Waals surface area contributed by atoms with Crippen molar-refractivity contribution >= 4 is 36.4 Å². The minimum atomic E-state index is 0. The highest BCUT2D eigenvalue weighted by molar-refractivity contribution is 5.85. The molecule has 0 aromatic heterocycles. The molecule has 2 aliphatic heterocycles. The molecule has 3 rings (SSSR count). The van der Waals surface area contributed by atoms with Gasteiger partial charge < -0.3 is 25.2 Å². The molecule has 8 heteroatoms. The van der Waals surface area contributed by atoms with Crippen molar-refractivity contribution in [2.75, 3.05) is 58.2 Å². The summed E-state index contributed by atoms with van der Waals surface area (Å²) in [5, 5.41) is 6.89. The summed E-state index contributed by atoms with van der Waals surface area (Å²) in [5.74, 6) is 1.19. The van der Waals surface area contributed by atoms with Gasteiger partial charge in [-0.2, -0.15) is 0 Å². The minimum Gasteiger partial charge on any atom is -0.497 e. The van der Waals surface area contributed by atoms with E-state index >= 15 is 0 Å². The largest absolute Gasteiger partial charge is 0.497 e. The number of likely N-dealkylation sites (tertiary alicyclic amines) is 1. The first-order valence-electron chi connectivity index (χ1n) is 9.36. The van der Waals surface area contributed by atoms with E-state index in [1.54, 1.807) is 7.11 Å². The minimum absolute atomic E-state index is 0. The fraction of sp³-hybridized carbons (Fsp3) is 0.632. The SMILES string of the molecule is COc1cccc(NC2CCN(CCC(=O)N3CCNCC3)CC2)c1.Cl.Cl. The first-order valence-corrected chi connectivity index (χ1v) is 9.36. The molecule has 0 bridgehead atoms. The predicted molar refractivity (Wildman–Crippen MR) is 115 cm³/mol. The average Bonchev–Trinajstić information content (AvgIpc) is 2.68. The van der Waals surface area contributed by atoms with Crippen LogP contribution in [-0.2, 0) is 4.79 Å². The van der Waals surface area contributed by atoms with Gasteiger partial charge in [0.05, 0.1) is 7.11 Å². The Labute approximate surface area is 174 Å². The van der Waals surface area contributed by atoms with Crippen LogP contribution >= 0.6 is 24.8 Å². The van der Waals surface area contributed by atoms with Gasteiger partial charge in [-0.05, 0) is 25.0 Å². The molecule has 1 aromatic rings. The maximum absolute atomic E-state index is 12.3. The zero-order chi connectivity index (χ0) is 17.5. The molecule has 2 saturated heterocycles. The molecule has 27 heavy (non-hydrogen) atoms. The summed E-state index contributed by atoms with van der Waals surface area (Å²) in [7, 11) is 1.69. The van der Waals surface area contributed by atoms with Gasteiger partial charge in [-0.15, -0.1) is 24.8 Å². The lowest BCUT2D eigenvalue weighted by Crippen LogP contribution is -2.47. The number of nitrogens with zero attached hydrogens (tertiary/aromatic N) is 2. The number of piperidine rings is 1. The third-order valence-corrected chi connectivity index (χ3v) is 5.14. The normalized spacial score (nSPS) is 18.2. The summed E-state index contributed by atoms with van der Waals surface area (Å²) in [4.78, 5) is 16.7. The number of methoxy groups -OCH3 is 1. The average molecular weight is 419 g/mol. The molecule has 2 aliphatic rings. The monoisotopic (exact) mass is 418 g/mol. The van der Waals surface area contributed by atoms with Crippen LogP contribution in [-0.4, -0.2) is 74.7 Å². The Kier molecular flexibility index (Phi) is 10.8. The summed E-state index contributed by atoms with van der Waals surface area (Å²) in [5.41, 5.74) is 1.12. The van der Waals surface area contributed by atoms with Crippen molar-refractivity contribution in [3.8, 4) is 5.75 Å². The topological polar surface area (TPSA) is 56.8 Å². The van der Waals surface area contributed by atoms with Crippen LogP contribution in [0.25, 0.3) is 0 Å². The van der Waals surface area contributed by atoms with Crippen LogP contribution < -0.4 is 15.4 Å². The fourth-order valence-electron chi connectivity index (χ4n) is 3.58. The molecule has 2 N–H and O–H groups in total. The molecule has 0 atom stereocenters. The van der Waals surface area contributed by atoms with Crippen molar-refractivity contribution in [1.29, 1.82) is 0 Å². The van der Waals surface area contributed by atoms with Crippen molar-refractivity contribution < 1.29 is 9.53 Å². The van der Waals surface area contributed by atoms with Crippen LogP contribution in [0, 0.1) is 0 Å². The summed E-state index contributed by atoms with van der Waals surface area (Å²) < 4.78 is 5.28. The molecule has 2 fully saturated rings. The molecule has 0 aliphatic carbocycles. The molecule has 154 valence electrons. The van der Waals surface area contributed by atoms with Crippen LogP contribution in [0.1, 0.15) is 19.3 Å². The van der Waals surface area contributed by atoms with Gasteiger partial charge >= 0.3 is 0 Å². The number of hydrogen-bond acceptors (Lipinski definition) is 5. The summed E-state index contributed by atoms with van der Waals surface area (Å²) >= 11 is 0. The third kappa shape index (κ3) is 7.37. The second-order valence-electron chi connectivity index (χ2n) is 6.87. The van der Waals surface area contributed by atoms with E-state index in [1.165, 1.54) is 0 Å². The first kappa shape index (κ1) is 23.8. The van der Waals surface area contributed by atoms with E-state index in [-0.39, 0.29) is 24.8 Å². The highest BCUT2D eigenvalue weighted by Gasteiger charge is 2.21. The fourth-order valence-corrected chi connectivity index (χ4v) is 3.58. The lowest BCUT2D eigenvalue weighted by atomic mass is 10.0. The summed E-state index contributed by atoms with van der Waals surface area (Å²) in [6.07, 6.45) is 2.87. The van der Waals surface area contributed by atoms with Crippen LogP contribution in [0.2, 0.25) is 0 Å². The van der Waals surface area contributed by atoms with Crippen molar-refractivity contribution in [2.24, 2.45) is 0 Å². The first-order chi connectivity index (χ1) is 12.2. The molecule has 0 radical (unpaired) electrons. The lowest BCUT2D eigenvalue weighted by molar-refractivity contribution is -0.132. The smallest absolute Gasteiger partial charge is 0.223 e. The Morgan fingerprint density at radius 2 is 1.89 bits per heavy atom. The quantitative estimate of drug-likeness (QED) is 0.741. The van der Waals surface area contributed by atoms with Gasteiger partial charge in [0.15, 0.2) is 0 Å². The van der Waals surface area contributed by atoms with Gasteiger partial charge in [-0.3, -0.25) is 4.79 Å². The van der Waals surface area contributed by atoms with Gasteiger partial charge in [0.1, 0.15) is 5.75 Å². The maximum Gasteiger partial charge on any atom is 0.223 e.